The van der Waals surface area contributed by atoms with E-state index in [4.69, 9.17) is 9.26 Å². The van der Waals surface area contributed by atoms with E-state index in [0.717, 1.165) is 11.3 Å². The van der Waals surface area contributed by atoms with Gasteiger partial charge in [0.15, 0.2) is 6.54 Å². The first-order chi connectivity index (χ1) is 7.33. The third-order valence-corrected chi connectivity index (χ3v) is 2.03. The first-order valence-corrected chi connectivity index (χ1v) is 4.59. The number of hydrogen-bond acceptors (Lipinski definition) is 4. The SMILES string of the molecule is COc1ccc(-c2noc(C[NH3+])n2)cc1. The van der Waals surface area contributed by atoms with Crippen LogP contribution in [0.1, 0.15) is 5.89 Å². The van der Waals surface area contributed by atoms with Gasteiger partial charge < -0.3 is 15.0 Å². The average molecular weight is 206 g/mol. The summed E-state index contributed by atoms with van der Waals surface area (Å²) in [5.41, 5.74) is 4.58. The predicted octanol–water partition coefficient (Wildman–Crippen LogP) is 0.487. The van der Waals surface area contributed by atoms with Crippen molar-refractivity contribution in [3.05, 3.63) is 30.2 Å². The molecule has 0 fully saturated rings. The van der Waals surface area contributed by atoms with E-state index >= 15 is 0 Å². The van der Waals surface area contributed by atoms with E-state index < -0.39 is 0 Å². The van der Waals surface area contributed by atoms with Gasteiger partial charge in [-0.15, -0.1) is 0 Å². The molecule has 0 aliphatic carbocycles. The molecule has 0 atom stereocenters. The van der Waals surface area contributed by atoms with Crippen molar-refractivity contribution in [1.82, 2.24) is 10.1 Å². The summed E-state index contributed by atoms with van der Waals surface area (Å²) in [6.45, 7) is 0.503. The third-order valence-electron chi connectivity index (χ3n) is 2.03. The second kappa shape index (κ2) is 4.10. The average Bonchev–Trinajstić information content (AvgIpc) is 2.78. The lowest BCUT2D eigenvalue weighted by atomic mass is 10.2. The molecule has 0 aliphatic rings. The van der Waals surface area contributed by atoms with E-state index in [1.54, 1.807) is 7.11 Å². The molecule has 3 N–H and O–H groups in total. The van der Waals surface area contributed by atoms with Crippen LogP contribution in [0.2, 0.25) is 0 Å². The lowest BCUT2D eigenvalue weighted by Crippen LogP contribution is -2.47. The maximum atomic E-state index is 5.06. The zero-order valence-electron chi connectivity index (χ0n) is 8.43. The van der Waals surface area contributed by atoms with Crippen molar-refractivity contribution in [2.75, 3.05) is 7.11 Å². The Morgan fingerprint density at radius 2 is 2.07 bits per heavy atom. The van der Waals surface area contributed by atoms with Crippen molar-refractivity contribution in [2.24, 2.45) is 0 Å². The van der Waals surface area contributed by atoms with Crippen LogP contribution in [0, 0.1) is 0 Å². The topological polar surface area (TPSA) is 75.8 Å². The van der Waals surface area contributed by atoms with Gasteiger partial charge in [0.2, 0.25) is 5.82 Å². The van der Waals surface area contributed by atoms with Gasteiger partial charge >= 0.3 is 0 Å². The van der Waals surface area contributed by atoms with Crippen LogP contribution < -0.4 is 10.5 Å². The van der Waals surface area contributed by atoms with Crippen molar-refractivity contribution in [3.8, 4) is 17.1 Å². The van der Waals surface area contributed by atoms with Gasteiger partial charge in [0.25, 0.3) is 5.89 Å². The van der Waals surface area contributed by atoms with Crippen LogP contribution in [0.4, 0.5) is 0 Å². The highest BCUT2D eigenvalue weighted by Gasteiger charge is 2.07. The van der Waals surface area contributed by atoms with Crippen molar-refractivity contribution in [1.29, 1.82) is 0 Å². The van der Waals surface area contributed by atoms with Crippen LogP contribution in [-0.4, -0.2) is 17.3 Å². The Labute approximate surface area is 86.9 Å². The summed E-state index contributed by atoms with van der Waals surface area (Å²) in [7, 11) is 1.63. The number of nitrogens with zero attached hydrogens (tertiary/aromatic N) is 2. The van der Waals surface area contributed by atoms with E-state index in [1.807, 2.05) is 24.3 Å². The minimum Gasteiger partial charge on any atom is -0.497 e. The largest absolute Gasteiger partial charge is 0.497 e. The van der Waals surface area contributed by atoms with Crippen LogP contribution in [-0.2, 0) is 6.54 Å². The Hall–Kier alpha value is -1.88. The van der Waals surface area contributed by atoms with E-state index in [1.165, 1.54) is 0 Å². The van der Waals surface area contributed by atoms with Gasteiger partial charge in [0, 0.05) is 5.56 Å². The summed E-state index contributed by atoms with van der Waals surface area (Å²) < 4.78 is 10.0. The molecule has 2 rings (SSSR count). The smallest absolute Gasteiger partial charge is 0.281 e. The number of quaternary nitrogens is 1. The monoisotopic (exact) mass is 206 g/mol. The number of hydrogen-bond donors (Lipinski definition) is 1. The van der Waals surface area contributed by atoms with Gasteiger partial charge in [-0.3, -0.25) is 0 Å². The summed E-state index contributed by atoms with van der Waals surface area (Å²) in [6.07, 6.45) is 0. The summed E-state index contributed by atoms with van der Waals surface area (Å²) in [6, 6.07) is 7.48. The number of methoxy groups -OCH3 is 1. The Kier molecular flexibility index (Phi) is 2.64. The van der Waals surface area contributed by atoms with Crippen molar-refractivity contribution in [2.45, 2.75) is 6.54 Å². The fraction of sp³-hybridized carbons (Fsp3) is 0.200. The molecule has 5 nitrogen and oxygen atoms in total. The van der Waals surface area contributed by atoms with E-state index in [-0.39, 0.29) is 0 Å². The van der Waals surface area contributed by atoms with Gasteiger partial charge in [-0.1, -0.05) is 5.16 Å². The van der Waals surface area contributed by atoms with Crippen LogP contribution in [0.25, 0.3) is 11.4 Å². The van der Waals surface area contributed by atoms with Crippen molar-refractivity contribution in [3.63, 3.8) is 0 Å². The molecule has 78 valence electrons. The number of rotatable bonds is 3. The highest BCUT2D eigenvalue weighted by Crippen LogP contribution is 2.19. The molecule has 0 saturated heterocycles. The molecular formula is C10H12N3O2+. The molecule has 0 aliphatic heterocycles. The van der Waals surface area contributed by atoms with E-state index in [2.05, 4.69) is 15.9 Å². The molecule has 5 heteroatoms. The summed E-state index contributed by atoms with van der Waals surface area (Å²) in [4.78, 5) is 4.17. The Bertz CT molecular complexity index is 436. The van der Waals surface area contributed by atoms with Crippen LogP contribution >= 0.6 is 0 Å². The fourth-order valence-corrected chi connectivity index (χ4v) is 1.21. The fourth-order valence-electron chi connectivity index (χ4n) is 1.21. The lowest BCUT2D eigenvalue weighted by molar-refractivity contribution is -0.391. The molecule has 1 aromatic heterocycles. The van der Waals surface area contributed by atoms with Crippen LogP contribution in [0.5, 0.6) is 5.75 Å². The van der Waals surface area contributed by atoms with Gasteiger partial charge in [-0.2, -0.15) is 4.98 Å². The third kappa shape index (κ3) is 1.97. The minimum absolute atomic E-state index is 0.503. The lowest BCUT2D eigenvalue weighted by Gasteiger charge is -1.98. The van der Waals surface area contributed by atoms with Crippen molar-refractivity contribution < 1.29 is 15.0 Å². The summed E-state index contributed by atoms with van der Waals surface area (Å²) in [5, 5.41) is 3.85. The first kappa shape index (κ1) is 9.67. The normalized spacial score (nSPS) is 10.3. The van der Waals surface area contributed by atoms with Crippen LogP contribution in [0.3, 0.4) is 0 Å². The first-order valence-electron chi connectivity index (χ1n) is 4.59. The number of aromatic nitrogens is 2. The molecule has 0 amide bonds. The molecule has 1 heterocycles. The van der Waals surface area contributed by atoms with Crippen LogP contribution in [0.15, 0.2) is 28.8 Å². The zero-order valence-corrected chi connectivity index (χ0v) is 8.43. The summed E-state index contributed by atoms with van der Waals surface area (Å²) >= 11 is 0. The maximum Gasteiger partial charge on any atom is 0.281 e. The Morgan fingerprint density at radius 1 is 1.33 bits per heavy atom. The molecule has 0 radical (unpaired) electrons. The van der Waals surface area contributed by atoms with Gasteiger partial charge in [-0.05, 0) is 24.3 Å². The quantitative estimate of drug-likeness (QED) is 0.792. The van der Waals surface area contributed by atoms with E-state index in [9.17, 15) is 0 Å². The second-order valence-electron chi connectivity index (χ2n) is 2.99. The Balaban J connectivity index is 2.28. The zero-order chi connectivity index (χ0) is 10.7. The van der Waals surface area contributed by atoms with Crippen molar-refractivity contribution >= 4 is 0 Å². The molecule has 2 aromatic rings. The second-order valence-corrected chi connectivity index (χ2v) is 2.99. The van der Waals surface area contributed by atoms with E-state index in [0.29, 0.717) is 18.3 Å². The molecule has 1 aromatic carbocycles. The van der Waals surface area contributed by atoms with Gasteiger partial charge in [-0.25, -0.2) is 0 Å². The minimum atomic E-state index is 0.503. The summed E-state index contributed by atoms with van der Waals surface area (Å²) in [5.74, 6) is 1.93. The molecule has 0 unspecified atom stereocenters. The maximum absolute atomic E-state index is 5.06. The molecule has 15 heavy (non-hydrogen) atoms. The highest BCUT2D eigenvalue weighted by molar-refractivity contribution is 5.55. The number of benzene rings is 1. The Morgan fingerprint density at radius 3 is 2.60 bits per heavy atom. The van der Waals surface area contributed by atoms with Gasteiger partial charge in [0.1, 0.15) is 5.75 Å². The molecule has 0 saturated carbocycles. The molecule has 0 spiro atoms. The highest BCUT2D eigenvalue weighted by atomic mass is 16.5. The van der Waals surface area contributed by atoms with Gasteiger partial charge in [0.05, 0.1) is 7.11 Å². The molecule has 0 bridgehead atoms. The number of ether oxygens (including phenoxy) is 1. The standard InChI is InChI=1S/C10H11N3O2/c1-14-8-4-2-7(3-5-8)10-12-9(6-11)15-13-10/h2-5H,6,11H2,1H3/p+1. The molecular weight excluding hydrogens is 194 g/mol. The predicted molar refractivity (Wildman–Crippen MR) is 52.9 cm³/mol.